The minimum Gasteiger partial charge on any atom is -0.451 e. The van der Waals surface area contributed by atoms with Gasteiger partial charge in [0.25, 0.3) is 5.91 Å². The average molecular weight is 319 g/mol. The third kappa shape index (κ3) is 2.60. The van der Waals surface area contributed by atoms with Crippen LogP contribution in [0.15, 0.2) is 69.9 Å². The highest BCUT2D eigenvalue weighted by molar-refractivity contribution is 5.93. The molecule has 1 saturated carbocycles. The van der Waals surface area contributed by atoms with Crippen molar-refractivity contribution in [2.75, 3.05) is 6.54 Å². The molecular formula is C20H17NO3. The summed E-state index contributed by atoms with van der Waals surface area (Å²) in [6.07, 6.45) is 2.11. The molecule has 120 valence electrons. The number of amides is 1. The van der Waals surface area contributed by atoms with Gasteiger partial charge in [-0.05, 0) is 30.5 Å². The molecule has 0 radical (unpaired) electrons. The lowest BCUT2D eigenvalue weighted by molar-refractivity contribution is 0.0922. The Balaban J connectivity index is 1.54. The number of nitrogens with one attached hydrogen (secondary N) is 1. The van der Waals surface area contributed by atoms with Crippen molar-refractivity contribution in [1.82, 2.24) is 5.32 Å². The van der Waals surface area contributed by atoms with Crippen LogP contribution in [0.25, 0.3) is 11.0 Å². The van der Waals surface area contributed by atoms with Gasteiger partial charge in [-0.15, -0.1) is 0 Å². The second-order valence-electron chi connectivity index (χ2n) is 6.30. The lowest BCUT2D eigenvalue weighted by Crippen LogP contribution is -2.32. The Bertz CT molecular complexity index is 955. The van der Waals surface area contributed by atoms with Crippen molar-refractivity contribution in [3.8, 4) is 0 Å². The Morgan fingerprint density at radius 2 is 1.75 bits per heavy atom. The third-order valence-electron chi connectivity index (χ3n) is 4.69. The minimum absolute atomic E-state index is 0.0219. The Hall–Kier alpha value is -2.88. The van der Waals surface area contributed by atoms with E-state index in [1.165, 1.54) is 11.6 Å². The summed E-state index contributed by atoms with van der Waals surface area (Å²) in [6.45, 7) is 0.548. The second kappa shape index (κ2) is 5.64. The van der Waals surface area contributed by atoms with Crippen LogP contribution < -0.4 is 10.7 Å². The number of carbonyl (C=O) groups is 1. The SMILES string of the molecule is O=C(NCC1(c2ccccc2)CC1)c1cc(=O)c2ccccc2o1. The van der Waals surface area contributed by atoms with E-state index < -0.39 is 0 Å². The first-order valence-electron chi connectivity index (χ1n) is 8.05. The first-order chi connectivity index (χ1) is 11.7. The maximum absolute atomic E-state index is 12.4. The molecule has 1 aliphatic rings. The zero-order chi connectivity index (χ0) is 16.6. The van der Waals surface area contributed by atoms with E-state index in [2.05, 4.69) is 17.4 Å². The van der Waals surface area contributed by atoms with Gasteiger partial charge < -0.3 is 9.73 Å². The summed E-state index contributed by atoms with van der Waals surface area (Å²) in [5, 5.41) is 3.40. The molecule has 1 aliphatic carbocycles. The number of benzene rings is 2. The fraction of sp³-hybridized carbons (Fsp3) is 0.200. The van der Waals surface area contributed by atoms with E-state index in [9.17, 15) is 9.59 Å². The zero-order valence-electron chi connectivity index (χ0n) is 13.1. The van der Waals surface area contributed by atoms with Crippen LogP contribution in [0.2, 0.25) is 0 Å². The molecule has 0 bridgehead atoms. The third-order valence-corrected chi connectivity index (χ3v) is 4.69. The van der Waals surface area contributed by atoms with Crippen molar-refractivity contribution < 1.29 is 9.21 Å². The monoisotopic (exact) mass is 319 g/mol. The van der Waals surface area contributed by atoms with Gasteiger partial charge in [-0.3, -0.25) is 9.59 Å². The topological polar surface area (TPSA) is 59.3 Å². The zero-order valence-corrected chi connectivity index (χ0v) is 13.1. The van der Waals surface area contributed by atoms with Crippen LogP contribution in [0.1, 0.15) is 29.0 Å². The lowest BCUT2D eigenvalue weighted by atomic mass is 9.96. The normalized spacial score (nSPS) is 15.2. The number of hydrogen-bond acceptors (Lipinski definition) is 3. The highest BCUT2D eigenvalue weighted by atomic mass is 16.3. The molecule has 24 heavy (non-hydrogen) atoms. The van der Waals surface area contributed by atoms with E-state index in [-0.39, 0.29) is 22.5 Å². The summed E-state index contributed by atoms with van der Waals surface area (Å²) in [4.78, 5) is 24.5. The molecule has 0 saturated heterocycles. The van der Waals surface area contributed by atoms with E-state index in [1.54, 1.807) is 24.3 Å². The number of rotatable bonds is 4. The highest BCUT2D eigenvalue weighted by Gasteiger charge is 2.44. The van der Waals surface area contributed by atoms with Gasteiger partial charge in [-0.2, -0.15) is 0 Å². The summed E-state index contributed by atoms with van der Waals surface area (Å²) < 4.78 is 5.58. The fourth-order valence-corrected chi connectivity index (χ4v) is 3.06. The molecule has 1 heterocycles. The smallest absolute Gasteiger partial charge is 0.287 e. The van der Waals surface area contributed by atoms with Crippen molar-refractivity contribution in [3.05, 3.63) is 82.2 Å². The van der Waals surface area contributed by atoms with E-state index in [4.69, 9.17) is 4.42 Å². The predicted molar refractivity (Wildman–Crippen MR) is 92.2 cm³/mol. The molecule has 1 aromatic heterocycles. The van der Waals surface area contributed by atoms with Gasteiger partial charge in [-0.25, -0.2) is 0 Å². The Morgan fingerprint density at radius 1 is 1.04 bits per heavy atom. The largest absolute Gasteiger partial charge is 0.451 e. The standard InChI is InChI=1S/C20H17NO3/c22-16-12-18(24-17-9-5-4-8-15(16)17)19(23)21-13-20(10-11-20)14-6-2-1-3-7-14/h1-9,12H,10-11,13H2,(H,21,23). The molecule has 0 atom stereocenters. The van der Waals surface area contributed by atoms with Crippen LogP contribution in [-0.2, 0) is 5.41 Å². The van der Waals surface area contributed by atoms with E-state index in [0.29, 0.717) is 17.5 Å². The second-order valence-corrected chi connectivity index (χ2v) is 6.30. The first-order valence-corrected chi connectivity index (χ1v) is 8.05. The molecule has 0 spiro atoms. The quantitative estimate of drug-likeness (QED) is 0.803. The number of para-hydroxylation sites is 1. The summed E-state index contributed by atoms with van der Waals surface area (Å²) in [6, 6.07) is 18.4. The van der Waals surface area contributed by atoms with Gasteiger partial charge in [0.15, 0.2) is 11.2 Å². The molecule has 0 aliphatic heterocycles. The first kappa shape index (κ1) is 14.7. The van der Waals surface area contributed by atoms with Crippen molar-refractivity contribution in [3.63, 3.8) is 0 Å². The van der Waals surface area contributed by atoms with Crippen molar-refractivity contribution in [1.29, 1.82) is 0 Å². The molecule has 3 aromatic rings. The van der Waals surface area contributed by atoms with Crippen molar-refractivity contribution >= 4 is 16.9 Å². The maximum Gasteiger partial charge on any atom is 0.287 e. The molecular weight excluding hydrogens is 302 g/mol. The van der Waals surface area contributed by atoms with Crippen LogP contribution >= 0.6 is 0 Å². The van der Waals surface area contributed by atoms with E-state index in [1.807, 2.05) is 18.2 Å². The Morgan fingerprint density at radius 3 is 2.50 bits per heavy atom. The summed E-state index contributed by atoms with van der Waals surface area (Å²) >= 11 is 0. The van der Waals surface area contributed by atoms with Gasteiger partial charge in [-0.1, -0.05) is 42.5 Å². The van der Waals surface area contributed by atoms with Crippen LogP contribution in [0.5, 0.6) is 0 Å². The van der Waals surface area contributed by atoms with Gasteiger partial charge >= 0.3 is 0 Å². The van der Waals surface area contributed by atoms with Crippen molar-refractivity contribution in [2.45, 2.75) is 18.3 Å². The number of fused-ring (bicyclic) bond motifs is 1. The fourth-order valence-electron chi connectivity index (χ4n) is 3.06. The van der Waals surface area contributed by atoms with Crippen LogP contribution in [0.4, 0.5) is 0 Å². The molecule has 1 amide bonds. The van der Waals surface area contributed by atoms with Crippen LogP contribution in [-0.4, -0.2) is 12.5 Å². The summed E-state index contributed by atoms with van der Waals surface area (Å²) in [7, 11) is 0. The minimum atomic E-state index is -0.347. The molecule has 1 fully saturated rings. The van der Waals surface area contributed by atoms with Gasteiger partial charge in [0.1, 0.15) is 5.58 Å². The van der Waals surface area contributed by atoms with Crippen LogP contribution in [0, 0.1) is 0 Å². The number of carbonyl (C=O) groups excluding carboxylic acids is 1. The van der Waals surface area contributed by atoms with Gasteiger partial charge in [0, 0.05) is 18.0 Å². The highest BCUT2D eigenvalue weighted by Crippen LogP contribution is 2.47. The van der Waals surface area contributed by atoms with Crippen molar-refractivity contribution in [2.24, 2.45) is 0 Å². The molecule has 4 heteroatoms. The summed E-state index contributed by atoms with van der Waals surface area (Å²) in [5.74, 6) is -0.289. The Labute approximate surface area is 139 Å². The lowest BCUT2D eigenvalue weighted by Gasteiger charge is -2.16. The summed E-state index contributed by atoms with van der Waals surface area (Å²) in [5.41, 5.74) is 1.49. The van der Waals surface area contributed by atoms with Gasteiger partial charge in [0.2, 0.25) is 0 Å². The number of hydrogen-bond donors (Lipinski definition) is 1. The van der Waals surface area contributed by atoms with E-state index in [0.717, 1.165) is 12.8 Å². The predicted octanol–water partition coefficient (Wildman–Crippen LogP) is 3.25. The Kier molecular flexibility index (Phi) is 3.45. The molecule has 4 rings (SSSR count). The van der Waals surface area contributed by atoms with E-state index >= 15 is 0 Å². The average Bonchev–Trinajstić information content (AvgIpc) is 3.42. The van der Waals surface area contributed by atoms with Crippen LogP contribution in [0.3, 0.4) is 0 Å². The molecule has 4 nitrogen and oxygen atoms in total. The molecule has 0 unspecified atom stereocenters. The maximum atomic E-state index is 12.4. The van der Waals surface area contributed by atoms with Gasteiger partial charge in [0.05, 0.1) is 5.39 Å². The molecule has 1 N–H and O–H groups in total. The molecule has 2 aromatic carbocycles.